The number of nitrogens with one attached hydrogen (secondary N) is 1. The molecular formula is C11H23N3O. The minimum atomic E-state index is 0.136. The Hall–Kier alpha value is -0.610. The topological polar surface area (TPSA) is 58.4 Å². The molecule has 0 saturated heterocycles. The molecule has 1 aliphatic rings. The molecule has 88 valence electrons. The van der Waals surface area contributed by atoms with Crippen molar-refractivity contribution in [3.63, 3.8) is 0 Å². The summed E-state index contributed by atoms with van der Waals surface area (Å²) >= 11 is 0. The summed E-state index contributed by atoms with van der Waals surface area (Å²) in [5.41, 5.74) is 5.55. The van der Waals surface area contributed by atoms with Crippen LogP contribution in [0.2, 0.25) is 0 Å². The van der Waals surface area contributed by atoms with Gasteiger partial charge >= 0.3 is 0 Å². The molecule has 1 aliphatic carbocycles. The lowest BCUT2D eigenvalue weighted by atomic mass is 9.91. The Balaban J connectivity index is 2.26. The van der Waals surface area contributed by atoms with Crippen LogP contribution in [0.25, 0.3) is 0 Å². The van der Waals surface area contributed by atoms with Crippen LogP contribution in [0.15, 0.2) is 0 Å². The van der Waals surface area contributed by atoms with Gasteiger partial charge in [0.25, 0.3) is 0 Å². The van der Waals surface area contributed by atoms with E-state index >= 15 is 0 Å². The molecule has 0 spiro atoms. The van der Waals surface area contributed by atoms with E-state index in [1.54, 1.807) is 0 Å². The number of rotatable bonds is 7. The largest absolute Gasteiger partial charge is 0.355 e. The smallest absolute Gasteiger partial charge is 0.234 e. The van der Waals surface area contributed by atoms with Gasteiger partial charge in [-0.2, -0.15) is 0 Å². The minimum Gasteiger partial charge on any atom is -0.355 e. The number of carbonyl (C=O) groups is 1. The van der Waals surface area contributed by atoms with E-state index in [-0.39, 0.29) is 5.91 Å². The van der Waals surface area contributed by atoms with Crippen molar-refractivity contribution in [3.05, 3.63) is 0 Å². The van der Waals surface area contributed by atoms with Crippen LogP contribution in [0.5, 0.6) is 0 Å². The normalized spacial score (nSPS) is 16.5. The Kier molecular flexibility index (Phi) is 5.65. The fourth-order valence-corrected chi connectivity index (χ4v) is 1.81. The summed E-state index contributed by atoms with van der Waals surface area (Å²) in [4.78, 5) is 13.8. The summed E-state index contributed by atoms with van der Waals surface area (Å²) < 4.78 is 0. The summed E-state index contributed by atoms with van der Waals surface area (Å²) in [7, 11) is 0. The first kappa shape index (κ1) is 12.5. The third kappa shape index (κ3) is 4.18. The van der Waals surface area contributed by atoms with Crippen molar-refractivity contribution in [2.45, 2.75) is 38.6 Å². The summed E-state index contributed by atoms with van der Waals surface area (Å²) in [5.74, 6) is 0.136. The number of carbonyl (C=O) groups excluding carboxylic acids is 1. The van der Waals surface area contributed by atoms with E-state index in [1.807, 2.05) is 0 Å². The van der Waals surface area contributed by atoms with Gasteiger partial charge in [0, 0.05) is 25.7 Å². The lowest BCUT2D eigenvalue weighted by molar-refractivity contribution is -0.123. The predicted molar refractivity (Wildman–Crippen MR) is 61.6 cm³/mol. The van der Waals surface area contributed by atoms with E-state index < -0.39 is 0 Å². The van der Waals surface area contributed by atoms with E-state index in [1.165, 1.54) is 19.3 Å². The molecule has 1 rings (SSSR count). The van der Waals surface area contributed by atoms with Gasteiger partial charge in [-0.1, -0.05) is 13.3 Å². The van der Waals surface area contributed by atoms with Gasteiger partial charge in [-0.05, 0) is 19.3 Å². The molecule has 0 bridgehead atoms. The molecular weight excluding hydrogens is 190 g/mol. The second-order valence-electron chi connectivity index (χ2n) is 4.19. The van der Waals surface area contributed by atoms with Crippen molar-refractivity contribution in [2.75, 3.05) is 26.2 Å². The van der Waals surface area contributed by atoms with Crippen LogP contribution in [0.1, 0.15) is 32.6 Å². The number of nitrogens with two attached hydrogens (primary N) is 1. The summed E-state index contributed by atoms with van der Waals surface area (Å²) in [6.45, 7) is 4.83. The maximum absolute atomic E-state index is 11.5. The van der Waals surface area contributed by atoms with Crippen molar-refractivity contribution in [2.24, 2.45) is 5.73 Å². The van der Waals surface area contributed by atoms with E-state index in [0.29, 0.717) is 19.1 Å². The van der Waals surface area contributed by atoms with E-state index in [2.05, 4.69) is 17.1 Å². The van der Waals surface area contributed by atoms with Crippen LogP contribution in [0.3, 0.4) is 0 Å². The van der Waals surface area contributed by atoms with Gasteiger partial charge in [0.15, 0.2) is 0 Å². The highest BCUT2D eigenvalue weighted by Gasteiger charge is 2.25. The first-order valence-electron chi connectivity index (χ1n) is 5.98. The second-order valence-corrected chi connectivity index (χ2v) is 4.19. The zero-order chi connectivity index (χ0) is 11.1. The molecule has 1 fully saturated rings. The average Bonchev–Trinajstić information content (AvgIpc) is 2.12. The Morgan fingerprint density at radius 2 is 2.27 bits per heavy atom. The van der Waals surface area contributed by atoms with Gasteiger partial charge in [0.2, 0.25) is 5.91 Å². The number of hydrogen-bond acceptors (Lipinski definition) is 3. The summed E-state index contributed by atoms with van der Waals surface area (Å²) in [6, 6.07) is 0.598. The van der Waals surface area contributed by atoms with Gasteiger partial charge in [-0.15, -0.1) is 0 Å². The van der Waals surface area contributed by atoms with Crippen LogP contribution in [0, 0.1) is 0 Å². The quantitative estimate of drug-likeness (QED) is 0.640. The van der Waals surface area contributed by atoms with Gasteiger partial charge < -0.3 is 11.1 Å². The Morgan fingerprint density at radius 3 is 2.73 bits per heavy atom. The molecule has 1 amide bonds. The van der Waals surface area contributed by atoms with Crippen LogP contribution in [-0.4, -0.2) is 43.0 Å². The van der Waals surface area contributed by atoms with Crippen molar-refractivity contribution in [1.82, 2.24) is 10.2 Å². The molecule has 0 aromatic heterocycles. The van der Waals surface area contributed by atoms with E-state index in [0.717, 1.165) is 19.5 Å². The first-order chi connectivity index (χ1) is 7.27. The summed E-state index contributed by atoms with van der Waals surface area (Å²) in [6.07, 6.45) is 4.73. The molecule has 0 aliphatic heterocycles. The van der Waals surface area contributed by atoms with Crippen molar-refractivity contribution in [1.29, 1.82) is 0 Å². The standard InChI is InChI=1S/C11H23N3O/c1-2-7-13-11(15)9-14(8-6-12)10-4-3-5-10/h10H,2-9,12H2,1H3,(H,13,15). The molecule has 0 unspecified atom stereocenters. The second kappa shape index (κ2) is 6.80. The number of amides is 1. The third-order valence-corrected chi connectivity index (χ3v) is 2.93. The number of hydrogen-bond donors (Lipinski definition) is 2. The highest BCUT2D eigenvalue weighted by atomic mass is 16.2. The Labute approximate surface area is 92.2 Å². The first-order valence-corrected chi connectivity index (χ1v) is 5.98. The monoisotopic (exact) mass is 213 g/mol. The molecule has 0 atom stereocenters. The molecule has 4 nitrogen and oxygen atoms in total. The molecule has 0 aromatic rings. The van der Waals surface area contributed by atoms with Crippen LogP contribution >= 0.6 is 0 Å². The third-order valence-electron chi connectivity index (χ3n) is 2.93. The minimum absolute atomic E-state index is 0.136. The van der Waals surface area contributed by atoms with Crippen LogP contribution in [0.4, 0.5) is 0 Å². The molecule has 0 radical (unpaired) electrons. The summed E-state index contributed by atoms with van der Waals surface area (Å²) in [5, 5.41) is 2.90. The maximum atomic E-state index is 11.5. The molecule has 0 aromatic carbocycles. The Bertz CT molecular complexity index is 192. The Morgan fingerprint density at radius 1 is 1.53 bits per heavy atom. The van der Waals surface area contributed by atoms with Crippen LogP contribution in [-0.2, 0) is 4.79 Å². The average molecular weight is 213 g/mol. The molecule has 0 heterocycles. The highest BCUT2D eigenvalue weighted by Crippen LogP contribution is 2.23. The molecule has 3 N–H and O–H groups in total. The highest BCUT2D eigenvalue weighted by molar-refractivity contribution is 5.78. The van der Waals surface area contributed by atoms with Crippen molar-refractivity contribution < 1.29 is 4.79 Å². The zero-order valence-corrected chi connectivity index (χ0v) is 9.67. The maximum Gasteiger partial charge on any atom is 0.234 e. The fraction of sp³-hybridized carbons (Fsp3) is 0.909. The lowest BCUT2D eigenvalue weighted by Crippen LogP contribution is -2.47. The molecule has 15 heavy (non-hydrogen) atoms. The van der Waals surface area contributed by atoms with Crippen LogP contribution < -0.4 is 11.1 Å². The lowest BCUT2D eigenvalue weighted by Gasteiger charge is -2.36. The predicted octanol–water partition coefficient (Wildman–Crippen LogP) is 0.326. The van der Waals surface area contributed by atoms with Gasteiger partial charge in [0.1, 0.15) is 0 Å². The SMILES string of the molecule is CCCNC(=O)CN(CCN)C1CCC1. The number of nitrogens with zero attached hydrogens (tertiary/aromatic N) is 1. The van der Waals surface area contributed by atoms with Gasteiger partial charge in [-0.3, -0.25) is 9.69 Å². The fourth-order valence-electron chi connectivity index (χ4n) is 1.81. The molecule has 4 heteroatoms. The molecule has 1 saturated carbocycles. The van der Waals surface area contributed by atoms with E-state index in [9.17, 15) is 4.79 Å². The van der Waals surface area contributed by atoms with Crippen molar-refractivity contribution in [3.8, 4) is 0 Å². The van der Waals surface area contributed by atoms with E-state index in [4.69, 9.17) is 5.73 Å². The zero-order valence-electron chi connectivity index (χ0n) is 9.67. The van der Waals surface area contributed by atoms with Gasteiger partial charge in [-0.25, -0.2) is 0 Å². The van der Waals surface area contributed by atoms with Gasteiger partial charge in [0.05, 0.1) is 6.54 Å². The van der Waals surface area contributed by atoms with Crippen molar-refractivity contribution >= 4 is 5.91 Å².